The van der Waals surface area contributed by atoms with Gasteiger partial charge in [0, 0.05) is 31.4 Å². The van der Waals surface area contributed by atoms with Crippen LogP contribution in [0.3, 0.4) is 0 Å². The highest BCUT2D eigenvalue weighted by molar-refractivity contribution is 5.79. The van der Waals surface area contributed by atoms with Crippen molar-refractivity contribution >= 4 is 5.96 Å². The number of pyridine rings is 1. The second-order valence-corrected chi connectivity index (χ2v) is 4.98. The number of rotatable bonds is 6. The minimum atomic E-state index is -0.634. The predicted octanol–water partition coefficient (Wildman–Crippen LogP) is 2.22. The van der Waals surface area contributed by atoms with Gasteiger partial charge in [0.15, 0.2) is 17.5 Å². The van der Waals surface area contributed by atoms with Crippen LogP contribution >= 0.6 is 0 Å². The Labute approximate surface area is 135 Å². The fraction of sp³-hybridized carbons (Fsp3) is 0.294. The fourth-order valence-electron chi connectivity index (χ4n) is 2.02. The molecule has 6 heteroatoms. The zero-order chi connectivity index (χ0) is 16.5. The highest BCUT2D eigenvalue weighted by Crippen LogP contribution is 2.16. The summed E-state index contributed by atoms with van der Waals surface area (Å²) in [6, 6.07) is 10.1. The molecule has 0 saturated heterocycles. The van der Waals surface area contributed by atoms with Gasteiger partial charge in [-0.15, -0.1) is 0 Å². The van der Waals surface area contributed by atoms with Gasteiger partial charge < -0.3 is 15.7 Å². The third kappa shape index (κ3) is 5.58. The Balaban J connectivity index is 1.90. The summed E-state index contributed by atoms with van der Waals surface area (Å²) < 4.78 is 13.3. The number of aliphatic imine (C=N–C) groups is 1. The molecule has 0 radical (unpaired) electrons. The van der Waals surface area contributed by atoms with Crippen LogP contribution in [0.4, 0.5) is 4.39 Å². The topological polar surface area (TPSA) is 69.5 Å². The Morgan fingerprint density at radius 2 is 2.13 bits per heavy atom. The van der Waals surface area contributed by atoms with E-state index >= 15 is 0 Å². The largest absolute Gasteiger partial charge is 0.505 e. The first-order chi connectivity index (χ1) is 11.2. The van der Waals surface area contributed by atoms with E-state index in [1.54, 1.807) is 12.3 Å². The number of nitrogens with one attached hydrogen (secondary N) is 2. The molecule has 0 aliphatic heterocycles. The van der Waals surface area contributed by atoms with Gasteiger partial charge in [-0.25, -0.2) is 9.38 Å². The minimum absolute atomic E-state index is 0.329. The maximum absolute atomic E-state index is 13.3. The number of phenolic OH excluding ortho intramolecular Hbond substituents is 1. The lowest BCUT2D eigenvalue weighted by atomic mass is 10.2. The van der Waals surface area contributed by atoms with Crippen molar-refractivity contribution in [3.8, 4) is 5.75 Å². The second kappa shape index (κ2) is 8.73. The second-order valence-electron chi connectivity index (χ2n) is 4.98. The van der Waals surface area contributed by atoms with Crippen LogP contribution in [0, 0.1) is 5.82 Å². The van der Waals surface area contributed by atoms with E-state index in [9.17, 15) is 9.50 Å². The standard InChI is InChI=1S/C17H21FN4O/c1-2-19-17(21-10-8-14-5-3-4-9-20-14)22-12-13-6-7-16(23)15(18)11-13/h3-7,9,11,23H,2,8,10,12H2,1H3,(H2,19,21,22). The Morgan fingerprint density at radius 1 is 1.26 bits per heavy atom. The first kappa shape index (κ1) is 16.7. The molecular weight excluding hydrogens is 295 g/mol. The summed E-state index contributed by atoms with van der Waals surface area (Å²) in [5.41, 5.74) is 1.71. The van der Waals surface area contributed by atoms with Gasteiger partial charge in [0.2, 0.25) is 0 Å². The molecule has 0 atom stereocenters. The Bertz CT molecular complexity index is 646. The number of phenols is 1. The van der Waals surface area contributed by atoms with E-state index in [2.05, 4.69) is 20.6 Å². The van der Waals surface area contributed by atoms with Crippen molar-refractivity contribution in [3.05, 3.63) is 59.7 Å². The van der Waals surface area contributed by atoms with Crippen LogP contribution in [-0.4, -0.2) is 29.1 Å². The molecular formula is C17H21FN4O. The van der Waals surface area contributed by atoms with Crippen molar-refractivity contribution < 1.29 is 9.50 Å². The highest BCUT2D eigenvalue weighted by atomic mass is 19.1. The van der Waals surface area contributed by atoms with Crippen LogP contribution in [0.15, 0.2) is 47.6 Å². The van der Waals surface area contributed by atoms with Gasteiger partial charge in [-0.3, -0.25) is 4.98 Å². The predicted molar refractivity (Wildman–Crippen MR) is 88.8 cm³/mol. The summed E-state index contributed by atoms with van der Waals surface area (Å²) in [5.74, 6) is -0.319. The number of hydrogen-bond acceptors (Lipinski definition) is 3. The normalized spacial score (nSPS) is 11.3. The lowest BCUT2D eigenvalue weighted by Crippen LogP contribution is -2.38. The molecule has 3 N–H and O–H groups in total. The Kier molecular flexibility index (Phi) is 6.35. The minimum Gasteiger partial charge on any atom is -0.505 e. The van der Waals surface area contributed by atoms with E-state index in [4.69, 9.17) is 0 Å². The zero-order valence-electron chi connectivity index (χ0n) is 13.1. The quantitative estimate of drug-likeness (QED) is 0.564. The van der Waals surface area contributed by atoms with Gasteiger partial charge in [0.25, 0.3) is 0 Å². The number of halogens is 1. The molecule has 0 fully saturated rings. The lowest BCUT2D eigenvalue weighted by molar-refractivity contribution is 0.432. The summed E-state index contributed by atoms with van der Waals surface area (Å²) in [7, 11) is 0. The van der Waals surface area contributed by atoms with Crippen molar-refractivity contribution in [3.63, 3.8) is 0 Å². The van der Waals surface area contributed by atoms with Crippen molar-refractivity contribution in [2.75, 3.05) is 13.1 Å². The molecule has 0 amide bonds. The third-order valence-corrected chi connectivity index (χ3v) is 3.18. The molecule has 0 aliphatic rings. The van der Waals surface area contributed by atoms with Crippen molar-refractivity contribution in [2.24, 2.45) is 4.99 Å². The van der Waals surface area contributed by atoms with Gasteiger partial charge in [-0.2, -0.15) is 0 Å². The molecule has 1 heterocycles. The average molecular weight is 316 g/mol. The van der Waals surface area contributed by atoms with E-state index in [0.29, 0.717) is 24.6 Å². The van der Waals surface area contributed by atoms with Crippen LogP contribution in [0.25, 0.3) is 0 Å². The van der Waals surface area contributed by atoms with Gasteiger partial charge >= 0.3 is 0 Å². The molecule has 0 spiro atoms. The van der Waals surface area contributed by atoms with Crippen LogP contribution < -0.4 is 10.6 Å². The fourth-order valence-corrected chi connectivity index (χ4v) is 2.02. The summed E-state index contributed by atoms with van der Waals surface area (Å²) in [5, 5.41) is 15.5. The molecule has 2 aromatic rings. The molecule has 5 nitrogen and oxygen atoms in total. The number of nitrogens with zero attached hydrogens (tertiary/aromatic N) is 2. The third-order valence-electron chi connectivity index (χ3n) is 3.18. The molecule has 122 valence electrons. The Morgan fingerprint density at radius 3 is 2.83 bits per heavy atom. The monoisotopic (exact) mass is 316 g/mol. The van der Waals surface area contributed by atoms with E-state index in [0.717, 1.165) is 18.7 Å². The number of aromatic nitrogens is 1. The smallest absolute Gasteiger partial charge is 0.191 e. The molecule has 0 saturated carbocycles. The van der Waals surface area contributed by atoms with Gasteiger partial charge in [-0.1, -0.05) is 12.1 Å². The molecule has 0 bridgehead atoms. The first-order valence-corrected chi connectivity index (χ1v) is 7.58. The molecule has 1 aromatic heterocycles. The van der Waals surface area contributed by atoms with Crippen LogP contribution in [-0.2, 0) is 13.0 Å². The van der Waals surface area contributed by atoms with E-state index in [1.807, 2.05) is 25.1 Å². The van der Waals surface area contributed by atoms with E-state index in [-0.39, 0.29) is 5.75 Å². The number of guanidine groups is 1. The first-order valence-electron chi connectivity index (χ1n) is 7.58. The zero-order valence-corrected chi connectivity index (χ0v) is 13.1. The number of aromatic hydroxyl groups is 1. The Hall–Kier alpha value is -2.63. The van der Waals surface area contributed by atoms with Crippen LogP contribution in [0.5, 0.6) is 5.75 Å². The van der Waals surface area contributed by atoms with Crippen molar-refractivity contribution in [1.29, 1.82) is 0 Å². The molecule has 0 aliphatic carbocycles. The average Bonchev–Trinajstić information content (AvgIpc) is 2.56. The van der Waals surface area contributed by atoms with Gasteiger partial charge in [0.05, 0.1) is 6.54 Å². The SMILES string of the molecule is CCNC(=NCc1ccc(O)c(F)c1)NCCc1ccccn1. The van der Waals surface area contributed by atoms with Crippen LogP contribution in [0.2, 0.25) is 0 Å². The number of hydrogen-bond donors (Lipinski definition) is 3. The van der Waals surface area contributed by atoms with E-state index < -0.39 is 5.82 Å². The van der Waals surface area contributed by atoms with Crippen molar-refractivity contribution in [2.45, 2.75) is 19.9 Å². The molecule has 2 rings (SSSR count). The molecule has 1 aromatic carbocycles. The maximum atomic E-state index is 13.3. The summed E-state index contributed by atoms with van der Waals surface area (Å²) >= 11 is 0. The highest BCUT2D eigenvalue weighted by Gasteiger charge is 2.02. The van der Waals surface area contributed by atoms with Gasteiger partial charge in [0.1, 0.15) is 0 Å². The molecule has 23 heavy (non-hydrogen) atoms. The van der Waals surface area contributed by atoms with E-state index in [1.165, 1.54) is 12.1 Å². The van der Waals surface area contributed by atoms with Crippen molar-refractivity contribution in [1.82, 2.24) is 15.6 Å². The van der Waals surface area contributed by atoms with Crippen LogP contribution in [0.1, 0.15) is 18.2 Å². The molecule has 0 unspecified atom stereocenters. The number of benzene rings is 1. The summed E-state index contributed by atoms with van der Waals surface area (Å²) in [6.07, 6.45) is 2.56. The summed E-state index contributed by atoms with van der Waals surface area (Å²) in [4.78, 5) is 8.68. The maximum Gasteiger partial charge on any atom is 0.191 e. The van der Waals surface area contributed by atoms with Gasteiger partial charge in [-0.05, 0) is 36.8 Å². The summed E-state index contributed by atoms with van der Waals surface area (Å²) in [6.45, 7) is 3.75. The lowest BCUT2D eigenvalue weighted by Gasteiger charge is -2.11.